The topological polar surface area (TPSA) is 38.8 Å². The molecule has 0 aromatic rings. The zero-order chi connectivity index (χ0) is 15.4. The molecule has 0 aliphatic carbocycles. The molecule has 0 heterocycles. The molecule has 1 amide bonds. The number of hydroxylamine groups is 2. The summed E-state index contributed by atoms with van der Waals surface area (Å²) < 4.78 is 6.36. The zero-order valence-corrected chi connectivity index (χ0v) is 15.0. The summed E-state index contributed by atoms with van der Waals surface area (Å²) in [6, 6.07) is 0. The van der Waals surface area contributed by atoms with E-state index in [0.717, 1.165) is 6.42 Å². The van der Waals surface area contributed by atoms with Crippen LogP contribution >= 0.6 is 0 Å². The Bertz CT molecular complexity index is 300. The van der Waals surface area contributed by atoms with Crippen molar-refractivity contribution < 1.29 is 14.1 Å². The zero-order valence-electron chi connectivity index (χ0n) is 14.0. The molecule has 0 aliphatic heterocycles. The van der Waals surface area contributed by atoms with Crippen LogP contribution in [0.2, 0.25) is 18.1 Å². The van der Waals surface area contributed by atoms with Gasteiger partial charge in [-0.25, -0.2) is 5.06 Å². The Labute approximate surface area is 119 Å². The number of nitrogens with zero attached hydrogens (tertiary/aromatic N) is 1. The van der Waals surface area contributed by atoms with Crippen LogP contribution in [0.5, 0.6) is 0 Å². The van der Waals surface area contributed by atoms with Gasteiger partial charge in [0.15, 0.2) is 8.32 Å². The van der Waals surface area contributed by atoms with E-state index in [4.69, 9.17) is 9.26 Å². The Hall–Kier alpha value is -0.393. The number of hydrogen-bond acceptors (Lipinski definition) is 3. The molecule has 4 nitrogen and oxygen atoms in total. The summed E-state index contributed by atoms with van der Waals surface area (Å²) >= 11 is 0. The summed E-state index contributed by atoms with van der Waals surface area (Å²) in [6.07, 6.45) is 0.780. The standard InChI is InChI=1S/C14H31NO3Si/c1-10-12(11(2)13(16)15(6)17-7)18-19(8,9)14(3,4)5/h11-12H,10H2,1-9H3/t11-,12+/m0/s1. The first kappa shape index (κ1) is 18.6. The summed E-state index contributed by atoms with van der Waals surface area (Å²) in [4.78, 5) is 17.1. The lowest BCUT2D eigenvalue weighted by Gasteiger charge is -2.40. The van der Waals surface area contributed by atoms with Gasteiger partial charge in [0.05, 0.1) is 19.1 Å². The van der Waals surface area contributed by atoms with Gasteiger partial charge in [-0.15, -0.1) is 0 Å². The molecule has 0 spiro atoms. The SMILES string of the molecule is CC[C@@H](O[Si](C)(C)C(C)(C)C)[C@H](C)C(=O)N(C)OC. The van der Waals surface area contributed by atoms with E-state index in [9.17, 15) is 4.79 Å². The van der Waals surface area contributed by atoms with Crippen LogP contribution in [0.3, 0.4) is 0 Å². The summed E-state index contributed by atoms with van der Waals surface area (Å²) in [7, 11) is 1.28. The molecule has 0 radical (unpaired) electrons. The van der Waals surface area contributed by atoms with Crippen molar-refractivity contribution in [3.63, 3.8) is 0 Å². The molecule has 0 N–H and O–H groups in total. The third-order valence-electron chi connectivity index (χ3n) is 4.19. The molecule has 0 rings (SSSR count). The quantitative estimate of drug-likeness (QED) is 0.555. The largest absolute Gasteiger partial charge is 0.413 e. The molecule has 0 aliphatic rings. The molecule has 0 aromatic carbocycles. The first-order valence-corrected chi connectivity index (χ1v) is 9.88. The smallest absolute Gasteiger partial charge is 0.251 e. The minimum atomic E-state index is -1.85. The summed E-state index contributed by atoms with van der Waals surface area (Å²) in [5, 5.41) is 1.43. The molecule has 0 bridgehead atoms. The highest BCUT2D eigenvalue weighted by Gasteiger charge is 2.41. The third kappa shape index (κ3) is 4.89. The van der Waals surface area contributed by atoms with Crippen LogP contribution in [-0.4, -0.2) is 39.5 Å². The highest BCUT2D eigenvalue weighted by Crippen LogP contribution is 2.38. The first-order chi connectivity index (χ1) is 8.47. The molecule has 0 aromatic heterocycles. The van der Waals surface area contributed by atoms with Gasteiger partial charge in [0.25, 0.3) is 5.91 Å². The Balaban J connectivity index is 4.90. The normalized spacial score (nSPS) is 16.1. The van der Waals surface area contributed by atoms with Crippen molar-refractivity contribution >= 4 is 14.2 Å². The minimum Gasteiger partial charge on any atom is -0.413 e. The predicted octanol–water partition coefficient (Wildman–Crippen LogP) is 3.44. The fraction of sp³-hybridized carbons (Fsp3) is 0.929. The summed E-state index contributed by atoms with van der Waals surface area (Å²) in [5.41, 5.74) is 0. The average Bonchev–Trinajstić information content (AvgIpc) is 2.31. The van der Waals surface area contributed by atoms with Crippen LogP contribution in [0, 0.1) is 5.92 Å². The van der Waals surface area contributed by atoms with Gasteiger partial charge in [-0.2, -0.15) is 0 Å². The van der Waals surface area contributed by atoms with E-state index in [1.165, 1.54) is 12.2 Å². The predicted molar refractivity (Wildman–Crippen MR) is 81.3 cm³/mol. The maximum atomic E-state index is 12.1. The lowest BCUT2D eigenvalue weighted by atomic mass is 10.0. The fourth-order valence-electron chi connectivity index (χ4n) is 1.63. The van der Waals surface area contributed by atoms with E-state index in [-0.39, 0.29) is 23.0 Å². The van der Waals surface area contributed by atoms with Gasteiger partial charge < -0.3 is 4.43 Å². The Morgan fingerprint density at radius 3 is 2.11 bits per heavy atom. The monoisotopic (exact) mass is 289 g/mol. The molecule has 19 heavy (non-hydrogen) atoms. The van der Waals surface area contributed by atoms with Crippen LogP contribution in [0.15, 0.2) is 0 Å². The number of carbonyl (C=O) groups is 1. The van der Waals surface area contributed by atoms with Crippen LogP contribution in [0.4, 0.5) is 0 Å². The molecule has 5 heteroatoms. The lowest BCUT2D eigenvalue weighted by Crippen LogP contribution is -2.47. The van der Waals surface area contributed by atoms with Crippen LogP contribution in [0.25, 0.3) is 0 Å². The van der Waals surface area contributed by atoms with E-state index in [0.29, 0.717) is 0 Å². The summed E-state index contributed by atoms with van der Waals surface area (Å²) in [6.45, 7) is 15.0. The molecule has 0 saturated heterocycles. The van der Waals surface area contributed by atoms with E-state index >= 15 is 0 Å². The van der Waals surface area contributed by atoms with Gasteiger partial charge in [-0.1, -0.05) is 34.6 Å². The van der Waals surface area contributed by atoms with E-state index in [2.05, 4.69) is 40.8 Å². The van der Waals surface area contributed by atoms with Gasteiger partial charge in [-0.3, -0.25) is 9.63 Å². The molecule has 0 fully saturated rings. The van der Waals surface area contributed by atoms with Crippen molar-refractivity contribution in [2.75, 3.05) is 14.2 Å². The van der Waals surface area contributed by atoms with Gasteiger partial charge in [0.1, 0.15) is 0 Å². The van der Waals surface area contributed by atoms with Crippen LogP contribution in [0.1, 0.15) is 41.0 Å². The molecular weight excluding hydrogens is 258 g/mol. The van der Waals surface area contributed by atoms with Crippen molar-refractivity contribution in [2.24, 2.45) is 5.92 Å². The molecule has 114 valence electrons. The summed E-state index contributed by atoms with van der Waals surface area (Å²) in [5.74, 6) is -0.225. The molecule has 2 atom stereocenters. The number of amides is 1. The molecule has 0 unspecified atom stereocenters. The Morgan fingerprint density at radius 1 is 1.32 bits per heavy atom. The third-order valence-corrected chi connectivity index (χ3v) is 8.69. The Morgan fingerprint density at radius 2 is 1.79 bits per heavy atom. The van der Waals surface area contributed by atoms with Crippen molar-refractivity contribution in [1.29, 1.82) is 0 Å². The van der Waals surface area contributed by atoms with Gasteiger partial charge in [-0.05, 0) is 24.6 Å². The fourth-order valence-corrected chi connectivity index (χ4v) is 3.11. The highest BCUT2D eigenvalue weighted by atomic mass is 28.4. The second kappa shape index (κ2) is 6.86. The van der Waals surface area contributed by atoms with Crippen molar-refractivity contribution in [3.8, 4) is 0 Å². The van der Waals surface area contributed by atoms with Gasteiger partial charge in [0, 0.05) is 7.05 Å². The maximum Gasteiger partial charge on any atom is 0.251 e. The number of rotatable bonds is 6. The Kier molecular flexibility index (Phi) is 6.72. The molecule has 0 saturated carbocycles. The van der Waals surface area contributed by atoms with Crippen LogP contribution < -0.4 is 0 Å². The lowest BCUT2D eigenvalue weighted by molar-refractivity contribution is -0.175. The van der Waals surface area contributed by atoms with E-state index in [1.807, 2.05) is 6.92 Å². The molecular formula is C14H31NO3Si. The maximum absolute atomic E-state index is 12.1. The van der Waals surface area contributed by atoms with E-state index < -0.39 is 8.32 Å². The van der Waals surface area contributed by atoms with Crippen molar-refractivity contribution in [3.05, 3.63) is 0 Å². The minimum absolute atomic E-state index is 0.0342. The highest BCUT2D eigenvalue weighted by molar-refractivity contribution is 6.74. The number of hydrogen-bond donors (Lipinski definition) is 0. The second-order valence-electron chi connectivity index (χ2n) is 6.63. The van der Waals surface area contributed by atoms with Crippen LogP contribution in [-0.2, 0) is 14.1 Å². The van der Waals surface area contributed by atoms with Gasteiger partial charge >= 0.3 is 0 Å². The second-order valence-corrected chi connectivity index (χ2v) is 11.4. The average molecular weight is 289 g/mol. The van der Waals surface area contributed by atoms with E-state index in [1.54, 1.807) is 7.05 Å². The number of carbonyl (C=O) groups excluding carboxylic acids is 1. The van der Waals surface area contributed by atoms with Gasteiger partial charge in [0.2, 0.25) is 0 Å². The van der Waals surface area contributed by atoms with Crippen molar-refractivity contribution in [1.82, 2.24) is 5.06 Å². The van der Waals surface area contributed by atoms with Crippen molar-refractivity contribution in [2.45, 2.75) is 65.3 Å². The first-order valence-electron chi connectivity index (χ1n) is 6.97.